The molecule has 7 heteroatoms. The first-order valence-corrected chi connectivity index (χ1v) is 11.7. The third-order valence-electron chi connectivity index (χ3n) is 5.77. The van der Waals surface area contributed by atoms with Crippen LogP contribution in [0.5, 0.6) is 5.75 Å². The summed E-state index contributed by atoms with van der Waals surface area (Å²) in [6.07, 6.45) is 5.05. The number of methoxy groups -OCH3 is 1. The molecule has 0 N–H and O–H groups in total. The van der Waals surface area contributed by atoms with Crippen LogP contribution in [-0.2, 0) is 16.6 Å². The molecule has 0 heterocycles. The fourth-order valence-electron chi connectivity index (χ4n) is 3.89. The molecule has 0 aliphatic heterocycles. The van der Waals surface area contributed by atoms with Crippen LogP contribution in [0.25, 0.3) is 0 Å². The molecule has 1 saturated carbocycles. The topological polar surface area (TPSA) is 66.9 Å². The maximum atomic E-state index is 13.1. The largest absolute Gasteiger partial charge is 0.497 e. The second kappa shape index (κ2) is 9.62. The SMILES string of the molecule is COc1ccc(CN(C)C(=O)c2cccc(S(=O)(=O)N(C)C3CCCCC3)c2)cc1. The Bertz CT molecular complexity index is 967. The number of carbonyl (C=O) groups is 1. The molecule has 0 saturated heterocycles. The minimum atomic E-state index is -3.64. The van der Waals surface area contributed by atoms with Crippen LogP contribution in [0.4, 0.5) is 0 Å². The van der Waals surface area contributed by atoms with E-state index < -0.39 is 10.0 Å². The lowest BCUT2D eigenvalue weighted by molar-refractivity contribution is 0.0785. The zero-order valence-electron chi connectivity index (χ0n) is 17.9. The molecular formula is C23H30N2O4S. The number of nitrogens with zero attached hydrogens (tertiary/aromatic N) is 2. The van der Waals surface area contributed by atoms with Crippen LogP contribution in [-0.4, -0.2) is 50.8 Å². The lowest BCUT2D eigenvalue weighted by atomic mass is 9.96. The number of hydrogen-bond acceptors (Lipinski definition) is 4. The Morgan fingerprint density at radius 3 is 2.33 bits per heavy atom. The quantitative estimate of drug-likeness (QED) is 0.668. The van der Waals surface area contributed by atoms with Gasteiger partial charge < -0.3 is 9.64 Å². The zero-order valence-corrected chi connectivity index (χ0v) is 18.7. The van der Waals surface area contributed by atoms with E-state index in [2.05, 4.69) is 0 Å². The van der Waals surface area contributed by atoms with Crippen molar-refractivity contribution in [3.8, 4) is 5.75 Å². The van der Waals surface area contributed by atoms with Crippen LogP contribution in [0.1, 0.15) is 48.0 Å². The van der Waals surface area contributed by atoms with Gasteiger partial charge in [0.05, 0.1) is 12.0 Å². The molecule has 0 atom stereocenters. The number of sulfonamides is 1. The first kappa shape index (κ1) is 22.3. The second-order valence-electron chi connectivity index (χ2n) is 7.85. The van der Waals surface area contributed by atoms with Gasteiger partial charge in [-0.15, -0.1) is 0 Å². The van der Waals surface area contributed by atoms with Crippen LogP contribution in [0.15, 0.2) is 53.4 Å². The Morgan fingerprint density at radius 2 is 1.70 bits per heavy atom. The fourth-order valence-corrected chi connectivity index (χ4v) is 5.36. The van der Waals surface area contributed by atoms with Crippen LogP contribution >= 0.6 is 0 Å². The Kier molecular flexibility index (Phi) is 7.15. The maximum absolute atomic E-state index is 13.1. The summed E-state index contributed by atoms with van der Waals surface area (Å²) < 4.78 is 32.9. The van der Waals surface area contributed by atoms with Crippen molar-refractivity contribution in [3.05, 3.63) is 59.7 Å². The van der Waals surface area contributed by atoms with Gasteiger partial charge in [0.15, 0.2) is 0 Å². The molecule has 0 radical (unpaired) electrons. The summed E-state index contributed by atoms with van der Waals surface area (Å²) in [5.41, 5.74) is 1.33. The molecule has 2 aromatic rings. The van der Waals surface area contributed by atoms with Gasteiger partial charge in [0, 0.05) is 32.2 Å². The number of hydrogen-bond donors (Lipinski definition) is 0. The molecule has 2 aromatic carbocycles. The molecule has 1 aliphatic rings. The summed E-state index contributed by atoms with van der Waals surface area (Å²) in [5.74, 6) is 0.538. The maximum Gasteiger partial charge on any atom is 0.253 e. The number of amides is 1. The van der Waals surface area contributed by atoms with Gasteiger partial charge in [0.2, 0.25) is 10.0 Å². The van der Waals surface area contributed by atoms with Gasteiger partial charge in [-0.3, -0.25) is 4.79 Å². The average molecular weight is 431 g/mol. The Labute approximate surface area is 179 Å². The van der Waals surface area contributed by atoms with E-state index in [-0.39, 0.29) is 16.8 Å². The molecule has 3 rings (SSSR count). The molecule has 1 fully saturated rings. The van der Waals surface area contributed by atoms with Crippen molar-refractivity contribution in [1.29, 1.82) is 0 Å². The summed E-state index contributed by atoms with van der Waals surface area (Å²) in [7, 11) is 1.33. The van der Waals surface area contributed by atoms with Crippen molar-refractivity contribution >= 4 is 15.9 Å². The second-order valence-corrected chi connectivity index (χ2v) is 9.85. The molecule has 0 bridgehead atoms. The highest BCUT2D eigenvalue weighted by molar-refractivity contribution is 7.89. The normalized spacial score (nSPS) is 15.2. The molecule has 0 aromatic heterocycles. The predicted octanol–water partition coefficient (Wildman–Crippen LogP) is 3.92. The van der Waals surface area contributed by atoms with Crippen molar-refractivity contribution in [2.75, 3.05) is 21.2 Å². The molecule has 0 unspecified atom stereocenters. The minimum absolute atomic E-state index is 0.0286. The minimum Gasteiger partial charge on any atom is -0.497 e. The number of carbonyl (C=O) groups excluding carboxylic acids is 1. The highest BCUT2D eigenvalue weighted by Gasteiger charge is 2.29. The molecular weight excluding hydrogens is 400 g/mol. The van der Waals surface area contributed by atoms with Crippen molar-refractivity contribution < 1.29 is 17.9 Å². The molecule has 162 valence electrons. The monoisotopic (exact) mass is 430 g/mol. The van der Waals surface area contributed by atoms with Crippen molar-refractivity contribution in [1.82, 2.24) is 9.21 Å². The van der Waals surface area contributed by atoms with Crippen molar-refractivity contribution in [2.24, 2.45) is 0 Å². The van der Waals surface area contributed by atoms with E-state index in [4.69, 9.17) is 4.74 Å². The van der Waals surface area contributed by atoms with Crippen LogP contribution in [0.2, 0.25) is 0 Å². The van der Waals surface area contributed by atoms with Gasteiger partial charge in [-0.2, -0.15) is 4.31 Å². The molecule has 1 amide bonds. The van der Waals surface area contributed by atoms with Crippen LogP contribution in [0, 0.1) is 0 Å². The van der Waals surface area contributed by atoms with Gasteiger partial charge in [-0.05, 0) is 48.7 Å². The van der Waals surface area contributed by atoms with Gasteiger partial charge in [0.1, 0.15) is 5.75 Å². The predicted molar refractivity (Wildman–Crippen MR) is 117 cm³/mol. The van der Waals surface area contributed by atoms with Crippen molar-refractivity contribution in [2.45, 2.75) is 49.6 Å². The summed E-state index contributed by atoms with van der Waals surface area (Å²) >= 11 is 0. The zero-order chi connectivity index (χ0) is 21.7. The fraction of sp³-hybridized carbons (Fsp3) is 0.435. The number of rotatable bonds is 7. The lowest BCUT2D eigenvalue weighted by Gasteiger charge is -2.30. The summed E-state index contributed by atoms with van der Waals surface area (Å²) in [4.78, 5) is 14.7. The van der Waals surface area contributed by atoms with E-state index >= 15 is 0 Å². The third-order valence-corrected chi connectivity index (χ3v) is 7.68. The average Bonchev–Trinajstić information content (AvgIpc) is 2.79. The highest BCUT2D eigenvalue weighted by Crippen LogP contribution is 2.27. The number of benzene rings is 2. The van der Waals surface area contributed by atoms with E-state index in [1.807, 2.05) is 24.3 Å². The van der Waals surface area contributed by atoms with E-state index in [9.17, 15) is 13.2 Å². The van der Waals surface area contributed by atoms with Crippen LogP contribution in [0.3, 0.4) is 0 Å². The Morgan fingerprint density at radius 1 is 1.03 bits per heavy atom. The lowest BCUT2D eigenvalue weighted by Crippen LogP contribution is -2.38. The standard InChI is InChI=1S/C23H30N2O4S/c1-24(17-18-12-14-21(29-3)15-13-18)23(26)19-8-7-11-22(16-19)30(27,28)25(2)20-9-5-4-6-10-20/h7-8,11-16,20H,4-6,9-10,17H2,1-3H3. The van der Waals surface area contributed by atoms with Gasteiger partial charge in [-0.1, -0.05) is 37.5 Å². The molecule has 6 nitrogen and oxygen atoms in total. The Balaban J connectivity index is 1.75. The molecule has 1 aliphatic carbocycles. The third kappa shape index (κ3) is 5.02. The van der Waals surface area contributed by atoms with Crippen molar-refractivity contribution in [3.63, 3.8) is 0 Å². The number of ether oxygens (including phenoxy) is 1. The first-order valence-electron chi connectivity index (χ1n) is 10.3. The first-order chi connectivity index (χ1) is 14.3. The van der Waals surface area contributed by atoms with E-state index in [0.29, 0.717) is 12.1 Å². The summed E-state index contributed by atoms with van der Waals surface area (Å²) in [5, 5.41) is 0. The Hall–Kier alpha value is -2.38. The molecule has 0 spiro atoms. The van der Waals surface area contributed by atoms with Crippen LogP contribution < -0.4 is 4.74 Å². The molecule has 30 heavy (non-hydrogen) atoms. The van der Waals surface area contributed by atoms with Gasteiger partial charge in [0.25, 0.3) is 5.91 Å². The van der Waals surface area contributed by atoms with E-state index in [1.165, 1.54) is 10.4 Å². The summed E-state index contributed by atoms with van der Waals surface area (Å²) in [6.45, 7) is 0.418. The van der Waals surface area contributed by atoms with E-state index in [1.54, 1.807) is 44.3 Å². The smallest absolute Gasteiger partial charge is 0.253 e. The van der Waals surface area contributed by atoms with Gasteiger partial charge >= 0.3 is 0 Å². The van der Waals surface area contributed by atoms with E-state index in [0.717, 1.165) is 43.4 Å². The van der Waals surface area contributed by atoms with Gasteiger partial charge in [-0.25, -0.2) is 8.42 Å². The summed E-state index contributed by atoms with van der Waals surface area (Å²) in [6, 6.07) is 13.9. The highest BCUT2D eigenvalue weighted by atomic mass is 32.2.